The van der Waals surface area contributed by atoms with Gasteiger partial charge in [-0.2, -0.15) is 10.9 Å². The van der Waals surface area contributed by atoms with E-state index < -0.39 is 10.9 Å². The summed E-state index contributed by atoms with van der Waals surface area (Å²) in [6.45, 7) is 2.12. The Balaban J connectivity index is 1.42. The quantitative estimate of drug-likeness (QED) is 0.109. The second kappa shape index (κ2) is 9.23. The number of rotatable bonds is 4. The summed E-state index contributed by atoms with van der Waals surface area (Å²) in [6.07, 6.45) is 0.00327. The Bertz CT molecular complexity index is 1200. The highest BCUT2D eigenvalue weighted by Gasteiger charge is 2.26. The molecule has 0 fully saturated rings. The molecule has 0 N–H and O–H groups in total. The first-order valence-electron chi connectivity index (χ1n) is 9.92. The van der Waals surface area contributed by atoms with E-state index >= 15 is 0 Å². The highest BCUT2D eigenvalue weighted by atomic mass is 127. The maximum Gasteiger partial charge on any atom is 0.121 e. The Morgan fingerprint density at radius 1 is 0.710 bits per heavy atom. The molecule has 1 atom stereocenters. The van der Waals surface area contributed by atoms with Gasteiger partial charge in [-0.05, 0) is 145 Å². The molecule has 0 bridgehead atoms. The van der Waals surface area contributed by atoms with E-state index in [-0.39, 0.29) is 6.10 Å². The van der Waals surface area contributed by atoms with Crippen LogP contribution in [0.2, 0.25) is 0 Å². The lowest BCUT2D eigenvalue weighted by atomic mass is 10.1. The summed E-state index contributed by atoms with van der Waals surface area (Å²) in [5.74, 6) is 0.913. The van der Waals surface area contributed by atoms with Crippen LogP contribution in [0.25, 0.3) is 11.1 Å². The average Bonchev–Trinajstić information content (AvgIpc) is 3.12. The van der Waals surface area contributed by atoms with Crippen LogP contribution in [0.15, 0.2) is 99.6 Å². The Hall–Kier alpha value is -0.780. The van der Waals surface area contributed by atoms with Crippen molar-refractivity contribution in [2.75, 3.05) is 0 Å². The fraction of sp³-hybridized carbons (Fsp3) is 0.0769. The number of thiol groups is 1. The van der Waals surface area contributed by atoms with Crippen LogP contribution in [0.4, 0.5) is 0 Å². The zero-order valence-corrected chi connectivity index (χ0v) is 24.0. The Kier molecular flexibility index (Phi) is 6.56. The zero-order valence-electron chi connectivity index (χ0n) is 16.6. The fourth-order valence-corrected chi connectivity index (χ4v) is 8.69. The van der Waals surface area contributed by atoms with Crippen LogP contribution in [0.3, 0.4) is 0 Å². The van der Waals surface area contributed by atoms with Crippen molar-refractivity contribution in [1.29, 1.82) is 0 Å². The van der Waals surface area contributed by atoms with Crippen molar-refractivity contribution in [3.8, 4) is 16.9 Å². The van der Waals surface area contributed by atoms with E-state index in [0.29, 0.717) is 0 Å². The predicted molar refractivity (Wildman–Crippen MR) is 156 cm³/mol. The molecule has 1 aliphatic heterocycles. The molecule has 31 heavy (non-hydrogen) atoms. The van der Waals surface area contributed by atoms with Gasteiger partial charge in [0, 0.05) is 20.5 Å². The molecule has 0 saturated heterocycles. The van der Waals surface area contributed by atoms with Crippen molar-refractivity contribution in [3.05, 3.63) is 101 Å². The molecule has 4 aromatic rings. The predicted octanol–water partition coefficient (Wildman–Crippen LogP) is 9.10. The first-order valence-corrected chi connectivity index (χ1v) is 14.5. The monoisotopic (exact) mass is 760 g/mol. The van der Waals surface area contributed by atoms with Gasteiger partial charge in [-0.1, -0.05) is 36.4 Å². The van der Waals surface area contributed by atoms with Crippen molar-refractivity contribution in [1.82, 2.24) is 0 Å². The van der Waals surface area contributed by atoms with Crippen LogP contribution in [-0.2, 0) is 0 Å². The Morgan fingerprint density at radius 2 is 1.23 bits per heavy atom. The van der Waals surface area contributed by atoms with Gasteiger partial charge in [-0.3, -0.25) is 0 Å². The van der Waals surface area contributed by atoms with Crippen LogP contribution < -0.4 is 4.74 Å². The second-order valence-electron chi connectivity index (χ2n) is 7.42. The van der Waals surface area contributed by atoms with E-state index in [1.807, 2.05) is 0 Å². The Morgan fingerprint density at radius 3 is 1.77 bits per heavy atom. The third kappa shape index (κ3) is 4.27. The number of benzene rings is 4. The van der Waals surface area contributed by atoms with Crippen molar-refractivity contribution in [3.63, 3.8) is 0 Å². The van der Waals surface area contributed by atoms with Crippen molar-refractivity contribution >= 4 is 78.7 Å². The minimum absolute atomic E-state index is 0.00327. The molecule has 5 heteroatoms. The zero-order chi connectivity index (χ0) is 21.5. The number of hydrogen-bond acceptors (Lipinski definition) is 1. The summed E-state index contributed by atoms with van der Waals surface area (Å²) >= 11 is 7.20. The van der Waals surface area contributed by atoms with Crippen molar-refractivity contribution in [2.45, 2.75) is 27.7 Å². The molecular formula is C26H19I3OS. The van der Waals surface area contributed by atoms with Gasteiger partial charge in [0.2, 0.25) is 0 Å². The molecule has 1 aliphatic rings. The summed E-state index contributed by atoms with van der Waals surface area (Å²) in [5.41, 5.74) is 3.96. The maximum absolute atomic E-state index is 6.30. The van der Waals surface area contributed by atoms with Crippen LogP contribution in [-0.4, -0.2) is 0 Å². The number of hydrogen-bond donors (Lipinski definition) is 1. The molecule has 156 valence electrons. The van der Waals surface area contributed by atoms with Crippen molar-refractivity contribution in [2.24, 2.45) is 0 Å². The molecule has 1 nitrogen and oxygen atoms in total. The van der Waals surface area contributed by atoms with Gasteiger partial charge in [-0.25, -0.2) is 0 Å². The summed E-state index contributed by atoms with van der Waals surface area (Å²) in [7, 11) is -0.519. The lowest BCUT2D eigenvalue weighted by Crippen LogP contribution is -2.05. The van der Waals surface area contributed by atoms with E-state index in [0.717, 1.165) is 5.75 Å². The molecule has 0 saturated carbocycles. The minimum Gasteiger partial charge on any atom is -0.486 e. The summed E-state index contributed by atoms with van der Waals surface area (Å²) < 4.78 is 10.2. The van der Waals surface area contributed by atoms with Crippen LogP contribution >= 0.6 is 78.7 Å². The van der Waals surface area contributed by atoms with Crippen LogP contribution in [0.1, 0.15) is 18.6 Å². The second-order valence-corrected chi connectivity index (χ2v) is 13.0. The molecule has 5 rings (SSSR count). The van der Waals surface area contributed by atoms with E-state index in [1.54, 1.807) is 0 Å². The van der Waals surface area contributed by atoms with Gasteiger partial charge >= 0.3 is 0 Å². The van der Waals surface area contributed by atoms with E-state index in [1.165, 1.54) is 42.1 Å². The summed E-state index contributed by atoms with van der Waals surface area (Å²) in [6, 6.07) is 30.8. The first kappa shape index (κ1) is 22.0. The summed E-state index contributed by atoms with van der Waals surface area (Å²) in [4.78, 5) is 4.26. The highest BCUT2D eigenvalue weighted by molar-refractivity contribution is 14.1. The SMILES string of the molecule is CC(Oc1ccc([SH]2c3ccccc3-c3ccccc32)cc1)c1cc(I)c(I)c(I)c1. The van der Waals surface area contributed by atoms with E-state index in [2.05, 4.69) is 160 Å². The van der Waals surface area contributed by atoms with E-state index in [4.69, 9.17) is 4.74 Å². The molecule has 0 spiro atoms. The van der Waals surface area contributed by atoms with Gasteiger partial charge in [0.15, 0.2) is 0 Å². The number of fused-ring (bicyclic) bond motifs is 3. The van der Waals surface area contributed by atoms with Crippen LogP contribution in [0, 0.1) is 10.7 Å². The van der Waals surface area contributed by atoms with Gasteiger partial charge < -0.3 is 4.74 Å². The minimum atomic E-state index is -0.519. The molecule has 1 unspecified atom stereocenters. The molecule has 0 amide bonds. The number of ether oxygens (including phenoxy) is 1. The van der Waals surface area contributed by atoms with Gasteiger partial charge in [0.25, 0.3) is 0 Å². The van der Waals surface area contributed by atoms with Gasteiger partial charge in [-0.15, -0.1) is 0 Å². The molecule has 4 aromatic carbocycles. The number of halogens is 3. The third-order valence-corrected chi connectivity index (χ3v) is 12.9. The standard InChI is InChI=1S/C26H19I3OS/c1-16(17-14-22(27)26(29)23(28)15-17)30-18-10-12-19(13-11-18)31-24-8-4-2-6-20(24)21-7-3-5-9-25(21)31/h2-16,31H,1H3. The highest BCUT2D eigenvalue weighted by Crippen LogP contribution is 2.62. The topological polar surface area (TPSA) is 9.23 Å². The maximum atomic E-state index is 6.30. The van der Waals surface area contributed by atoms with Crippen LogP contribution in [0.5, 0.6) is 5.75 Å². The summed E-state index contributed by atoms with van der Waals surface area (Å²) in [5, 5.41) is 0. The average molecular weight is 760 g/mol. The lowest BCUT2D eigenvalue weighted by molar-refractivity contribution is 0.226. The fourth-order valence-electron chi connectivity index (χ4n) is 3.96. The lowest BCUT2D eigenvalue weighted by Gasteiger charge is -2.20. The normalized spacial score (nSPS) is 14.1. The third-order valence-electron chi connectivity index (χ3n) is 5.46. The molecule has 0 radical (unpaired) electrons. The van der Waals surface area contributed by atoms with E-state index in [9.17, 15) is 0 Å². The van der Waals surface area contributed by atoms with Gasteiger partial charge in [0.1, 0.15) is 11.9 Å². The molecule has 0 aromatic heterocycles. The molecule has 1 heterocycles. The Labute approximate surface area is 226 Å². The van der Waals surface area contributed by atoms with Gasteiger partial charge in [0.05, 0.1) is 0 Å². The molecule has 0 aliphatic carbocycles. The smallest absolute Gasteiger partial charge is 0.121 e. The molecular weight excluding hydrogens is 741 g/mol. The van der Waals surface area contributed by atoms with Crippen molar-refractivity contribution < 1.29 is 4.74 Å². The largest absolute Gasteiger partial charge is 0.486 e. The first-order chi connectivity index (χ1) is 15.0.